The van der Waals surface area contributed by atoms with Crippen molar-refractivity contribution in [3.8, 4) is 0 Å². The molecule has 0 fully saturated rings. The largest absolute Gasteiger partial charge is 0.384 e. The molecule has 0 heterocycles. The molecule has 0 bridgehead atoms. The van der Waals surface area contributed by atoms with Gasteiger partial charge in [0.25, 0.3) is 5.91 Å². The number of nitrogens with zero attached hydrogens (tertiary/aromatic N) is 2. The molecule has 1 atom stereocenters. The fourth-order valence-corrected chi connectivity index (χ4v) is 2.08. The van der Waals surface area contributed by atoms with Crippen molar-refractivity contribution >= 4 is 17.4 Å². The summed E-state index contributed by atoms with van der Waals surface area (Å²) in [7, 11) is 1.70. The first kappa shape index (κ1) is 16.5. The van der Waals surface area contributed by atoms with E-state index in [1.165, 1.54) is 4.90 Å². The van der Waals surface area contributed by atoms with Gasteiger partial charge >= 0.3 is 0 Å². The van der Waals surface area contributed by atoms with Gasteiger partial charge in [-0.25, -0.2) is 0 Å². The van der Waals surface area contributed by atoms with E-state index in [4.69, 9.17) is 10.6 Å². The maximum Gasteiger partial charge on any atom is 0.270 e. The van der Waals surface area contributed by atoms with Gasteiger partial charge in [-0.05, 0) is 24.6 Å². The van der Waals surface area contributed by atoms with Gasteiger partial charge < -0.3 is 15.5 Å². The Morgan fingerprint density at radius 3 is 2.30 bits per heavy atom. The molecule has 0 saturated carbocycles. The van der Waals surface area contributed by atoms with Crippen molar-refractivity contribution in [1.29, 1.82) is 0 Å². The van der Waals surface area contributed by atoms with Gasteiger partial charge in [0.15, 0.2) is 0 Å². The lowest BCUT2D eigenvalue weighted by Gasteiger charge is -2.20. The molecule has 1 amide bonds. The number of para-hydroxylation sites is 1. The van der Waals surface area contributed by atoms with Crippen molar-refractivity contribution in [2.75, 3.05) is 11.9 Å². The summed E-state index contributed by atoms with van der Waals surface area (Å²) in [6.45, 7) is 1.65. The van der Waals surface area contributed by atoms with Crippen LogP contribution in [0.2, 0.25) is 0 Å². The lowest BCUT2D eigenvalue weighted by atomic mass is 10.1. The number of hydrogen-bond acceptors (Lipinski definition) is 3. The number of anilines is 1. The molecule has 23 heavy (non-hydrogen) atoms. The Labute approximate surface area is 136 Å². The molecule has 2 rings (SSSR count). The van der Waals surface area contributed by atoms with Crippen LogP contribution in [0, 0.1) is 0 Å². The number of carbonyl (C=O) groups is 1. The average Bonchev–Trinajstić information content (AvgIpc) is 2.60. The molecule has 120 valence electrons. The van der Waals surface area contributed by atoms with Gasteiger partial charge in [-0.15, -0.1) is 0 Å². The molecule has 2 aromatic carbocycles. The van der Waals surface area contributed by atoms with E-state index in [-0.39, 0.29) is 5.91 Å². The van der Waals surface area contributed by atoms with Gasteiger partial charge in [-0.1, -0.05) is 53.7 Å². The van der Waals surface area contributed by atoms with Crippen molar-refractivity contribution in [2.24, 2.45) is 10.9 Å². The second-order valence-electron chi connectivity index (χ2n) is 5.23. The molecule has 2 N–H and O–H groups in total. The van der Waals surface area contributed by atoms with Crippen LogP contribution in [0.3, 0.4) is 0 Å². The van der Waals surface area contributed by atoms with Crippen LogP contribution >= 0.6 is 0 Å². The van der Waals surface area contributed by atoms with E-state index < -0.39 is 6.10 Å². The van der Waals surface area contributed by atoms with Crippen LogP contribution in [0.25, 0.3) is 0 Å². The highest BCUT2D eigenvalue weighted by atomic mass is 16.6. The number of benzene rings is 2. The minimum Gasteiger partial charge on any atom is -0.384 e. The number of carbonyl (C=O) groups excluding carboxylic acids is 1. The SMILES string of the molecule is C[C@@H](O/N=C(\N)Cc1ccccc1)C(=O)N(C)c1ccccc1. The number of rotatable bonds is 6. The third-order valence-corrected chi connectivity index (χ3v) is 3.38. The quantitative estimate of drug-likeness (QED) is 0.506. The van der Waals surface area contributed by atoms with E-state index in [9.17, 15) is 4.79 Å². The van der Waals surface area contributed by atoms with E-state index in [0.717, 1.165) is 11.3 Å². The fraction of sp³-hybridized carbons (Fsp3) is 0.222. The highest BCUT2D eigenvalue weighted by Crippen LogP contribution is 2.13. The van der Waals surface area contributed by atoms with E-state index in [1.54, 1.807) is 14.0 Å². The first-order valence-electron chi connectivity index (χ1n) is 7.42. The molecule has 0 aromatic heterocycles. The Morgan fingerprint density at radius 2 is 1.70 bits per heavy atom. The van der Waals surface area contributed by atoms with E-state index in [2.05, 4.69) is 5.16 Å². The van der Waals surface area contributed by atoms with Gasteiger partial charge in [-0.2, -0.15) is 0 Å². The smallest absolute Gasteiger partial charge is 0.270 e. The van der Waals surface area contributed by atoms with Crippen LogP contribution in [-0.2, 0) is 16.1 Å². The summed E-state index contributed by atoms with van der Waals surface area (Å²) >= 11 is 0. The maximum absolute atomic E-state index is 12.3. The van der Waals surface area contributed by atoms with Crippen LogP contribution in [-0.4, -0.2) is 24.9 Å². The number of nitrogens with two attached hydrogens (primary N) is 1. The molecule has 0 unspecified atom stereocenters. The minimum absolute atomic E-state index is 0.188. The Hall–Kier alpha value is -2.82. The highest BCUT2D eigenvalue weighted by Gasteiger charge is 2.20. The normalized spacial score (nSPS) is 12.5. The molecule has 5 nitrogen and oxygen atoms in total. The molecule has 0 spiro atoms. The van der Waals surface area contributed by atoms with E-state index in [1.807, 2.05) is 60.7 Å². The van der Waals surface area contributed by atoms with Crippen LogP contribution in [0.15, 0.2) is 65.8 Å². The third kappa shape index (κ3) is 4.85. The summed E-state index contributed by atoms with van der Waals surface area (Å²) in [6.07, 6.45) is -0.231. The second kappa shape index (κ2) is 7.98. The third-order valence-electron chi connectivity index (χ3n) is 3.38. The lowest BCUT2D eigenvalue weighted by Crippen LogP contribution is -2.36. The van der Waals surface area contributed by atoms with Gasteiger partial charge in [0.2, 0.25) is 6.10 Å². The first-order valence-corrected chi connectivity index (χ1v) is 7.42. The van der Waals surface area contributed by atoms with Crippen molar-refractivity contribution in [3.63, 3.8) is 0 Å². The van der Waals surface area contributed by atoms with Crippen molar-refractivity contribution in [1.82, 2.24) is 0 Å². The Morgan fingerprint density at radius 1 is 1.13 bits per heavy atom. The minimum atomic E-state index is -0.713. The Bertz CT molecular complexity index is 656. The van der Waals surface area contributed by atoms with Gasteiger partial charge in [-0.3, -0.25) is 4.79 Å². The highest BCUT2D eigenvalue weighted by molar-refractivity contribution is 5.95. The van der Waals surface area contributed by atoms with Gasteiger partial charge in [0.05, 0.1) is 0 Å². The van der Waals surface area contributed by atoms with Crippen molar-refractivity contribution in [2.45, 2.75) is 19.4 Å². The van der Waals surface area contributed by atoms with Crippen LogP contribution in [0.4, 0.5) is 5.69 Å². The number of amides is 1. The zero-order chi connectivity index (χ0) is 16.7. The molecule has 0 aliphatic carbocycles. The molecular formula is C18H21N3O2. The van der Waals surface area contributed by atoms with E-state index >= 15 is 0 Å². The Balaban J connectivity index is 1.91. The molecule has 0 aliphatic rings. The molecule has 5 heteroatoms. The summed E-state index contributed by atoms with van der Waals surface area (Å²) in [4.78, 5) is 19.1. The average molecular weight is 311 g/mol. The monoisotopic (exact) mass is 311 g/mol. The summed E-state index contributed by atoms with van der Waals surface area (Å²) in [6, 6.07) is 19.1. The summed E-state index contributed by atoms with van der Waals surface area (Å²) in [5.74, 6) is 0.144. The summed E-state index contributed by atoms with van der Waals surface area (Å²) < 4.78 is 0. The number of hydrogen-bond donors (Lipinski definition) is 1. The second-order valence-corrected chi connectivity index (χ2v) is 5.23. The van der Waals surface area contributed by atoms with Crippen molar-refractivity contribution in [3.05, 3.63) is 66.2 Å². The maximum atomic E-state index is 12.3. The van der Waals surface area contributed by atoms with Crippen LogP contribution < -0.4 is 10.6 Å². The standard InChI is InChI=1S/C18H21N3O2/c1-14(18(22)21(2)16-11-7-4-8-12-16)23-20-17(19)13-15-9-5-3-6-10-15/h3-12,14H,13H2,1-2H3,(H2,19,20)/t14-/m1/s1. The first-order chi connectivity index (χ1) is 11.1. The van der Waals surface area contributed by atoms with Gasteiger partial charge in [0, 0.05) is 19.2 Å². The number of amidine groups is 1. The van der Waals surface area contributed by atoms with E-state index in [0.29, 0.717) is 12.3 Å². The predicted octanol–water partition coefficient (Wildman–Crippen LogP) is 2.57. The Kier molecular flexibility index (Phi) is 5.74. The fourth-order valence-electron chi connectivity index (χ4n) is 2.08. The predicted molar refractivity (Wildman–Crippen MR) is 92.2 cm³/mol. The van der Waals surface area contributed by atoms with Crippen LogP contribution in [0.1, 0.15) is 12.5 Å². The zero-order valence-electron chi connectivity index (χ0n) is 13.3. The topological polar surface area (TPSA) is 67.9 Å². The van der Waals surface area contributed by atoms with Crippen molar-refractivity contribution < 1.29 is 9.63 Å². The summed E-state index contributed by atoms with van der Waals surface area (Å²) in [5, 5.41) is 3.86. The number of oxime groups is 1. The molecule has 0 aliphatic heterocycles. The summed E-state index contributed by atoms with van der Waals surface area (Å²) in [5.41, 5.74) is 7.68. The molecular weight excluding hydrogens is 290 g/mol. The molecule has 0 radical (unpaired) electrons. The lowest BCUT2D eigenvalue weighted by molar-refractivity contribution is -0.128. The van der Waals surface area contributed by atoms with Gasteiger partial charge in [0.1, 0.15) is 5.84 Å². The number of likely N-dealkylation sites (N-methyl/N-ethyl adjacent to an activating group) is 1. The molecule has 2 aromatic rings. The van der Waals surface area contributed by atoms with Crippen LogP contribution in [0.5, 0.6) is 0 Å². The molecule has 0 saturated heterocycles. The zero-order valence-corrected chi connectivity index (χ0v) is 13.3.